The van der Waals surface area contributed by atoms with Crippen LogP contribution in [0.25, 0.3) is 0 Å². The maximum absolute atomic E-state index is 12.8. The Morgan fingerprint density at radius 1 is 1.07 bits per heavy atom. The minimum atomic E-state index is -0.725. The van der Waals surface area contributed by atoms with E-state index in [0.29, 0.717) is 0 Å². The van der Waals surface area contributed by atoms with Crippen LogP contribution in [-0.2, 0) is 9.31 Å². The van der Waals surface area contributed by atoms with E-state index in [1.54, 1.807) is 0 Å². The van der Waals surface area contributed by atoms with Gasteiger partial charge in [-0.15, -0.1) is 0 Å². The molecule has 1 heterocycles. The minimum Gasteiger partial charge on any atom is -0.399 e. The topological polar surface area (TPSA) is 18.5 Å². The summed E-state index contributed by atoms with van der Waals surface area (Å²) in [4.78, 5) is 0. The van der Waals surface area contributed by atoms with Crippen molar-refractivity contribution < 1.29 is 13.7 Å². The first kappa shape index (κ1) is 11.5. The molecular weight excluding hydrogens is 182 g/mol. The van der Waals surface area contributed by atoms with Crippen LogP contribution in [0.2, 0.25) is 0 Å². The van der Waals surface area contributed by atoms with Gasteiger partial charge in [0.25, 0.3) is 0 Å². The first-order valence-electron chi connectivity index (χ1n) is 4.56. The van der Waals surface area contributed by atoms with Crippen molar-refractivity contribution in [1.82, 2.24) is 0 Å². The highest BCUT2D eigenvalue weighted by molar-refractivity contribution is 6.55. The summed E-state index contributed by atoms with van der Waals surface area (Å²) in [5.74, 6) is -0.594. The van der Waals surface area contributed by atoms with E-state index < -0.39 is 24.1 Å². The van der Waals surface area contributed by atoms with Gasteiger partial charge in [0.2, 0.25) is 0 Å². The Morgan fingerprint density at radius 2 is 1.43 bits per heavy atom. The summed E-state index contributed by atoms with van der Waals surface area (Å²) in [6.07, 6.45) is 0. The molecule has 0 saturated carbocycles. The van der Waals surface area contributed by atoms with Gasteiger partial charge in [-0.3, -0.25) is 0 Å². The first-order chi connectivity index (χ1) is 6.17. The zero-order chi connectivity index (χ0) is 11.1. The minimum absolute atomic E-state index is 0.156. The molecular formula is C10H16BFO2. The smallest absolute Gasteiger partial charge is 0.399 e. The monoisotopic (exact) mass is 198 g/mol. The summed E-state index contributed by atoms with van der Waals surface area (Å²) in [6, 6.07) is 0. The fraction of sp³-hybridized carbons (Fsp3) is 0.600. The zero-order valence-corrected chi connectivity index (χ0v) is 9.19. The Kier molecular flexibility index (Phi) is 2.63. The fourth-order valence-electron chi connectivity index (χ4n) is 1.11. The van der Waals surface area contributed by atoms with Crippen molar-refractivity contribution in [1.29, 1.82) is 0 Å². The maximum atomic E-state index is 12.8. The summed E-state index contributed by atoms with van der Waals surface area (Å²) in [6.45, 7) is 14.3. The Hall–Kier alpha value is -0.605. The van der Waals surface area contributed by atoms with Gasteiger partial charge in [0.1, 0.15) is 5.83 Å². The molecule has 0 unspecified atom stereocenters. The van der Waals surface area contributed by atoms with Gasteiger partial charge in [-0.1, -0.05) is 13.2 Å². The van der Waals surface area contributed by atoms with Crippen molar-refractivity contribution in [3.05, 3.63) is 24.5 Å². The summed E-state index contributed by atoms with van der Waals surface area (Å²) in [7, 11) is -0.725. The van der Waals surface area contributed by atoms with Crippen LogP contribution in [0.15, 0.2) is 24.5 Å². The quantitative estimate of drug-likeness (QED) is 0.501. The molecule has 1 rings (SSSR count). The summed E-state index contributed by atoms with van der Waals surface area (Å²) in [5.41, 5.74) is -0.768. The molecule has 0 amide bonds. The molecule has 0 aliphatic carbocycles. The van der Waals surface area contributed by atoms with Crippen molar-refractivity contribution in [3.63, 3.8) is 0 Å². The highest BCUT2D eigenvalue weighted by atomic mass is 19.1. The van der Waals surface area contributed by atoms with Crippen molar-refractivity contribution in [2.24, 2.45) is 0 Å². The second-order valence-electron chi connectivity index (χ2n) is 4.52. The molecule has 2 nitrogen and oxygen atoms in total. The van der Waals surface area contributed by atoms with Crippen LogP contribution in [0.3, 0.4) is 0 Å². The second-order valence-corrected chi connectivity index (χ2v) is 4.52. The van der Waals surface area contributed by atoms with E-state index in [-0.39, 0.29) is 5.47 Å². The van der Waals surface area contributed by atoms with Gasteiger partial charge in [0, 0.05) is 5.47 Å². The van der Waals surface area contributed by atoms with Crippen LogP contribution in [0.5, 0.6) is 0 Å². The van der Waals surface area contributed by atoms with Crippen molar-refractivity contribution in [2.45, 2.75) is 38.9 Å². The van der Waals surface area contributed by atoms with Crippen LogP contribution in [0.4, 0.5) is 4.39 Å². The molecule has 0 radical (unpaired) electrons. The largest absolute Gasteiger partial charge is 0.497 e. The Balaban J connectivity index is 2.83. The van der Waals surface area contributed by atoms with Gasteiger partial charge in [0.05, 0.1) is 11.2 Å². The molecule has 0 atom stereocenters. The summed E-state index contributed by atoms with van der Waals surface area (Å²) in [5, 5.41) is 0. The van der Waals surface area contributed by atoms with E-state index in [0.717, 1.165) is 0 Å². The van der Waals surface area contributed by atoms with Gasteiger partial charge < -0.3 is 9.31 Å². The molecule has 78 valence electrons. The lowest BCUT2D eigenvalue weighted by Gasteiger charge is -2.32. The van der Waals surface area contributed by atoms with E-state index in [9.17, 15) is 4.39 Å². The van der Waals surface area contributed by atoms with Crippen molar-refractivity contribution in [2.75, 3.05) is 0 Å². The average Bonchev–Trinajstić information content (AvgIpc) is 2.20. The lowest BCUT2D eigenvalue weighted by Crippen LogP contribution is -2.41. The SMILES string of the molecule is C=C(F)C(=C)B1OC(C)(C)C(C)(C)O1. The first-order valence-corrected chi connectivity index (χ1v) is 4.56. The van der Waals surface area contributed by atoms with Crippen LogP contribution in [0.1, 0.15) is 27.7 Å². The van der Waals surface area contributed by atoms with Gasteiger partial charge in [-0.2, -0.15) is 0 Å². The normalized spacial score (nSPS) is 23.6. The molecule has 0 spiro atoms. The molecule has 4 heteroatoms. The fourth-order valence-corrected chi connectivity index (χ4v) is 1.11. The zero-order valence-electron chi connectivity index (χ0n) is 9.19. The van der Waals surface area contributed by atoms with Gasteiger partial charge in [0.15, 0.2) is 0 Å². The van der Waals surface area contributed by atoms with Crippen LogP contribution < -0.4 is 0 Å². The van der Waals surface area contributed by atoms with Crippen molar-refractivity contribution >= 4 is 7.12 Å². The van der Waals surface area contributed by atoms with Crippen LogP contribution in [0, 0.1) is 0 Å². The van der Waals surface area contributed by atoms with E-state index in [2.05, 4.69) is 13.2 Å². The third-order valence-electron chi connectivity index (χ3n) is 2.89. The van der Waals surface area contributed by atoms with Gasteiger partial charge in [-0.25, -0.2) is 4.39 Å². The molecule has 0 N–H and O–H groups in total. The highest BCUT2D eigenvalue weighted by Crippen LogP contribution is 2.39. The van der Waals surface area contributed by atoms with Crippen molar-refractivity contribution in [3.8, 4) is 0 Å². The molecule has 0 aromatic heterocycles. The van der Waals surface area contributed by atoms with Gasteiger partial charge >= 0.3 is 7.12 Å². The lowest BCUT2D eigenvalue weighted by molar-refractivity contribution is 0.00578. The lowest BCUT2D eigenvalue weighted by atomic mass is 9.79. The van der Waals surface area contributed by atoms with E-state index in [1.807, 2.05) is 27.7 Å². The molecule has 1 saturated heterocycles. The van der Waals surface area contributed by atoms with Crippen LogP contribution >= 0.6 is 0 Å². The highest BCUT2D eigenvalue weighted by Gasteiger charge is 2.52. The van der Waals surface area contributed by atoms with E-state index in [4.69, 9.17) is 9.31 Å². The van der Waals surface area contributed by atoms with Crippen LogP contribution in [-0.4, -0.2) is 18.3 Å². The molecule has 1 aliphatic rings. The molecule has 14 heavy (non-hydrogen) atoms. The maximum Gasteiger partial charge on any atom is 0.497 e. The molecule has 0 aromatic carbocycles. The van der Waals surface area contributed by atoms with E-state index >= 15 is 0 Å². The summed E-state index contributed by atoms with van der Waals surface area (Å²) < 4.78 is 23.9. The third-order valence-corrected chi connectivity index (χ3v) is 2.89. The summed E-state index contributed by atoms with van der Waals surface area (Å²) >= 11 is 0. The molecule has 1 aliphatic heterocycles. The molecule has 1 fully saturated rings. The molecule has 0 bridgehead atoms. The molecule has 0 aromatic rings. The second kappa shape index (κ2) is 3.21. The predicted octanol–water partition coefficient (Wildman–Crippen LogP) is 2.66. The average molecular weight is 198 g/mol. The third kappa shape index (κ3) is 1.77. The standard InChI is InChI=1S/C10H16BFO2/c1-7(8(2)12)11-13-9(3,4)10(5,6)14-11/h1-2H2,3-6H3. The number of hydrogen-bond acceptors (Lipinski definition) is 2. The number of halogens is 1. The Morgan fingerprint density at radius 3 is 1.71 bits per heavy atom. The van der Waals surface area contributed by atoms with E-state index in [1.165, 1.54) is 0 Å². The Labute approximate surface area is 84.9 Å². The number of allylic oxidation sites excluding steroid dienone is 2. The number of rotatable bonds is 2. The predicted molar refractivity (Wildman–Crippen MR) is 55.5 cm³/mol. The number of hydrogen-bond donors (Lipinski definition) is 0. The Bertz CT molecular complexity index is 268. The van der Waals surface area contributed by atoms with Gasteiger partial charge in [-0.05, 0) is 27.7 Å².